The first-order chi connectivity index (χ1) is 10.0. The van der Waals surface area contributed by atoms with Crippen molar-refractivity contribution in [1.82, 2.24) is 4.90 Å². The van der Waals surface area contributed by atoms with Crippen LogP contribution in [0.5, 0.6) is 0 Å². The molecular weight excluding hydrogens is 274 g/mol. The van der Waals surface area contributed by atoms with E-state index in [-0.39, 0.29) is 24.5 Å². The summed E-state index contributed by atoms with van der Waals surface area (Å²) in [6.45, 7) is 6.23. The largest absolute Gasteiger partial charge is 0.383 e. The fraction of sp³-hybridized carbons (Fsp3) is 0.643. The lowest BCUT2D eigenvalue weighted by Gasteiger charge is -2.33. The normalized spacial score (nSPS) is 33.1. The Bertz CT molecular complexity index is 463. The number of amidine groups is 1. The monoisotopic (exact) mass is 297 g/mol. The highest BCUT2D eigenvalue weighted by atomic mass is 16.6. The summed E-state index contributed by atoms with van der Waals surface area (Å²) >= 11 is 0. The van der Waals surface area contributed by atoms with Crippen molar-refractivity contribution in [3.05, 3.63) is 24.2 Å². The number of hydrogen-bond donors (Lipinski definition) is 1. The zero-order chi connectivity index (χ0) is 15.6. The number of nitrogens with zero attached hydrogens (tertiary/aromatic N) is 2. The molecule has 1 saturated heterocycles. The minimum atomic E-state index is -0.389. The maximum absolute atomic E-state index is 6.04. The molecule has 2 unspecified atom stereocenters. The van der Waals surface area contributed by atoms with Crippen LogP contribution in [-0.2, 0) is 18.9 Å². The molecule has 0 bridgehead atoms. The summed E-state index contributed by atoms with van der Waals surface area (Å²) in [5.74, 6) is 0.970. The molecule has 2 aliphatic rings. The zero-order valence-corrected chi connectivity index (χ0v) is 12.9. The highest BCUT2D eigenvalue weighted by molar-refractivity contribution is 5.97. The third-order valence-corrected chi connectivity index (χ3v) is 3.72. The predicted molar refractivity (Wildman–Crippen MR) is 78.5 cm³/mol. The van der Waals surface area contributed by atoms with E-state index in [9.17, 15) is 0 Å². The molecule has 0 aromatic heterocycles. The molecule has 118 valence electrons. The Kier molecular flexibility index (Phi) is 5.00. The van der Waals surface area contributed by atoms with Gasteiger partial charge in [0, 0.05) is 33.1 Å². The van der Waals surface area contributed by atoms with Gasteiger partial charge in [0.05, 0.1) is 6.61 Å². The van der Waals surface area contributed by atoms with Gasteiger partial charge in [-0.25, -0.2) is 4.99 Å². The second kappa shape index (κ2) is 6.57. The first kappa shape index (κ1) is 16.0. The first-order valence-corrected chi connectivity index (χ1v) is 6.73. The average Bonchev–Trinajstić information content (AvgIpc) is 2.80. The molecule has 1 fully saturated rings. The van der Waals surface area contributed by atoms with Crippen molar-refractivity contribution in [1.29, 1.82) is 0 Å². The molecule has 2 rings (SSSR count). The number of ether oxygens (including phenoxy) is 4. The van der Waals surface area contributed by atoms with E-state index < -0.39 is 0 Å². The van der Waals surface area contributed by atoms with Crippen molar-refractivity contribution < 1.29 is 18.9 Å². The van der Waals surface area contributed by atoms with Gasteiger partial charge in [0.2, 0.25) is 0 Å². The van der Waals surface area contributed by atoms with Gasteiger partial charge in [-0.3, -0.25) is 0 Å². The van der Waals surface area contributed by atoms with Crippen LogP contribution < -0.4 is 5.73 Å². The summed E-state index contributed by atoms with van der Waals surface area (Å²) in [5.41, 5.74) is 6.65. The lowest BCUT2D eigenvalue weighted by Crippen LogP contribution is -2.44. The zero-order valence-electron chi connectivity index (χ0n) is 12.9. The lowest BCUT2D eigenvalue weighted by molar-refractivity contribution is -0.0805. The van der Waals surface area contributed by atoms with Crippen molar-refractivity contribution in [3.63, 3.8) is 0 Å². The van der Waals surface area contributed by atoms with Crippen LogP contribution in [0.15, 0.2) is 29.2 Å². The second-order valence-corrected chi connectivity index (χ2v) is 5.05. The van der Waals surface area contributed by atoms with Crippen LogP contribution in [0.3, 0.4) is 0 Å². The van der Waals surface area contributed by atoms with E-state index in [0.717, 1.165) is 5.57 Å². The summed E-state index contributed by atoms with van der Waals surface area (Å²) in [7, 11) is 4.89. The summed E-state index contributed by atoms with van der Waals surface area (Å²) in [6.07, 6.45) is 0.734. The van der Waals surface area contributed by atoms with Crippen molar-refractivity contribution in [2.45, 2.75) is 31.5 Å². The molecule has 0 radical (unpaired) electrons. The highest BCUT2D eigenvalue weighted by Gasteiger charge is 2.48. The molecule has 7 nitrogen and oxygen atoms in total. The van der Waals surface area contributed by atoms with E-state index in [4.69, 9.17) is 24.7 Å². The fourth-order valence-electron chi connectivity index (χ4n) is 2.62. The van der Waals surface area contributed by atoms with Crippen LogP contribution in [0, 0.1) is 0 Å². The Hall–Kier alpha value is -1.41. The van der Waals surface area contributed by atoms with E-state index in [1.54, 1.807) is 21.3 Å². The molecule has 0 aromatic rings. The Labute approximate surface area is 125 Å². The summed E-state index contributed by atoms with van der Waals surface area (Å²) in [6, 6.07) is 0. The standard InChI is InChI=1S/C14H23N3O4/c1-8-6-17(9(2)16-13(8)15)14-12(20-5)11(19-4)10(21-14)7-18-3/h6,10-12,14H,2,7H2,1,3-5H3,(H2,15,16)/t10-,11?,12?,14-/m1/s1. The van der Waals surface area contributed by atoms with Crippen LogP contribution in [0.1, 0.15) is 6.92 Å². The Morgan fingerprint density at radius 2 is 2.00 bits per heavy atom. The molecule has 21 heavy (non-hydrogen) atoms. The highest BCUT2D eigenvalue weighted by Crippen LogP contribution is 2.32. The predicted octanol–water partition coefficient (Wildman–Crippen LogP) is 0.436. The molecule has 0 saturated carbocycles. The maximum atomic E-state index is 6.04. The third kappa shape index (κ3) is 2.96. The van der Waals surface area contributed by atoms with E-state index in [1.165, 1.54) is 0 Å². The molecule has 0 amide bonds. The van der Waals surface area contributed by atoms with Crippen LogP contribution in [-0.4, -0.2) is 63.2 Å². The van der Waals surface area contributed by atoms with Crippen molar-refractivity contribution in [2.75, 3.05) is 27.9 Å². The van der Waals surface area contributed by atoms with Gasteiger partial charge < -0.3 is 29.6 Å². The van der Waals surface area contributed by atoms with Crippen molar-refractivity contribution in [3.8, 4) is 0 Å². The summed E-state index contributed by atoms with van der Waals surface area (Å²) < 4.78 is 22.3. The molecule has 0 spiro atoms. The number of aliphatic imine (C=N–C) groups is 1. The minimum absolute atomic E-state index is 0.222. The number of methoxy groups -OCH3 is 3. The Balaban J connectivity index is 2.24. The van der Waals surface area contributed by atoms with Crippen molar-refractivity contribution in [2.24, 2.45) is 10.7 Å². The van der Waals surface area contributed by atoms with E-state index in [1.807, 2.05) is 18.0 Å². The molecule has 0 aromatic carbocycles. The van der Waals surface area contributed by atoms with Gasteiger partial charge in [-0.2, -0.15) is 0 Å². The third-order valence-electron chi connectivity index (χ3n) is 3.72. The molecule has 7 heteroatoms. The van der Waals surface area contributed by atoms with E-state index in [2.05, 4.69) is 11.6 Å². The quantitative estimate of drug-likeness (QED) is 0.793. The van der Waals surface area contributed by atoms with E-state index in [0.29, 0.717) is 18.3 Å². The van der Waals surface area contributed by atoms with Gasteiger partial charge in [0.1, 0.15) is 30.0 Å². The molecule has 2 aliphatic heterocycles. The SMILES string of the molecule is C=C1N=C(N)C(C)=CN1[C@@H]1O[C@H](COC)C(OC)C1OC. The summed E-state index contributed by atoms with van der Waals surface area (Å²) in [4.78, 5) is 6.05. The van der Waals surface area contributed by atoms with Crippen LogP contribution >= 0.6 is 0 Å². The second-order valence-electron chi connectivity index (χ2n) is 5.05. The molecular formula is C14H23N3O4. The van der Waals surface area contributed by atoms with Crippen molar-refractivity contribution >= 4 is 5.84 Å². The number of nitrogens with two attached hydrogens (primary N) is 1. The van der Waals surface area contributed by atoms with Crippen LogP contribution in [0.2, 0.25) is 0 Å². The van der Waals surface area contributed by atoms with Gasteiger partial charge in [-0.05, 0) is 6.92 Å². The smallest absolute Gasteiger partial charge is 0.164 e. The minimum Gasteiger partial charge on any atom is -0.383 e. The average molecular weight is 297 g/mol. The number of hydrogen-bond acceptors (Lipinski definition) is 7. The lowest BCUT2D eigenvalue weighted by atomic mass is 10.1. The first-order valence-electron chi connectivity index (χ1n) is 6.73. The van der Waals surface area contributed by atoms with Gasteiger partial charge in [0.15, 0.2) is 6.23 Å². The van der Waals surface area contributed by atoms with Gasteiger partial charge >= 0.3 is 0 Å². The Morgan fingerprint density at radius 1 is 1.33 bits per heavy atom. The molecule has 4 atom stereocenters. The molecule has 0 aliphatic carbocycles. The van der Waals surface area contributed by atoms with Gasteiger partial charge in [0.25, 0.3) is 0 Å². The number of rotatable bonds is 5. The fourth-order valence-corrected chi connectivity index (χ4v) is 2.62. The molecule has 2 N–H and O–H groups in total. The molecule has 2 heterocycles. The Morgan fingerprint density at radius 3 is 2.57 bits per heavy atom. The summed E-state index contributed by atoms with van der Waals surface area (Å²) in [5, 5.41) is 0. The van der Waals surface area contributed by atoms with Crippen LogP contribution in [0.4, 0.5) is 0 Å². The maximum Gasteiger partial charge on any atom is 0.164 e. The van der Waals surface area contributed by atoms with Crippen LogP contribution in [0.25, 0.3) is 0 Å². The van der Waals surface area contributed by atoms with Gasteiger partial charge in [-0.1, -0.05) is 6.58 Å². The van der Waals surface area contributed by atoms with E-state index >= 15 is 0 Å². The van der Waals surface area contributed by atoms with Gasteiger partial charge in [-0.15, -0.1) is 0 Å². The topological polar surface area (TPSA) is 78.5 Å².